The number of anilines is 1. The van der Waals surface area contributed by atoms with E-state index in [2.05, 4.69) is 15.0 Å². The summed E-state index contributed by atoms with van der Waals surface area (Å²) in [6.07, 6.45) is 3.56. The third kappa shape index (κ3) is 5.71. The fourth-order valence-electron chi connectivity index (χ4n) is 3.97. The number of amidine groups is 1. The minimum absolute atomic E-state index is 0.0674. The quantitative estimate of drug-likeness (QED) is 0.324. The Hall–Kier alpha value is -2.88. The lowest BCUT2D eigenvalue weighted by Gasteiger charge is -2.19. The van der Waals surface area contributed by atoms with Crippen LogP contribution in [0.5, 0.6) is 5.75 Å². The molecule has 39 heavy (non-hydrogen) atoms. The summed E-state index contributed by atoms with van der Waals surface area (Å²) < 4.78 is 67.3. The third-order valence-corrected chi connectivity index (χ3v) is 11.1. The highest BCUT2D eigenvalue weighted by atomic mass is 32.2. The molecule has 3 heterocycles. The van der Waals surface area contributed by atoms with Crippen molar-refractivity contribution in [3.8, 4) is 5.75 Å². The van der Waals surface area contributed by atoms with Gasteiger partial charge in [-0.05, 0) is 43.7 Å². The van der Waals surface area contributed by atoms with E-state index in [1.807, 2.05) is 26.8 Å². The van der Waals surface area contributed by atoms with E-state index >= 15 is 0 Å². The van der Waals surface area contributed by atoms with Crippen LogP contribution in [0.15, 0.2) is 41.3 Å². The Morgan fingerprint density at radius 2 is 2.03 bits per heavy atom. The maximum absolute atomic E-state index is 13.0. The van der Waals surface area contributed by atoms with Crippen molar-refractivity contribution in [2.45, 2.75) is 69.2 Å². The van der Waals surface area contributed by atoms with Crippen molar-refractivity contribution in [2.24, 2.45) is 4.40 Å². The maximum atomic E-state index is 13.0. The van der Waals surface area contributed by atoms with Crippen LogP contribution in [0.2, 0.25) is 0 Å². The number of thiophene rings is 1. The smallest absolute Gasteiger partial charge is 0.354 e. The molecule has 1 fully saturated rings. The van der Waals surface area contributed by atoms with Gasteiger partial charge in [-0.1, -0.05) is 20.8 Å². The predicted octanol–water partition coefficient (Wildman–Crippen LogP) is 3.62. The lowest BCUT2D eigenvalue weighted by Crippen LogP contribution is -2.30. The molecular formula is C24H32N4O8S3. The molecule has 1 saturated carbocycles. The van der Waals surface area contributed by atoms with Crippen molar-refractivity contribution in [2.75, 3.05) is 19.0 Å². The fourth-order valence-corrected chi connectivity index (χ4v) is 7.94. The zero-order chi connectivity index (χ0) is 28.7. The van der Waals surface area contributed by atoms with Crippen LogP contribution in [0.25, 0.3) is 0 Å². The standard InChI is InChI=1S/C24H32N4O8S3/c1-6-16(18-10-14(11-36-18)13(3)4)25-19-21(23(30)35-7-2)38(31,32)27-22(19)26-17-12-37-24(20(17)29)39(33,34)28(5)15-8-9-15/h10-13,15-16,25,29H,6-9H2,1-5H3,(H,26,27)/t16-/m1/s1. The van der Waals surface area contributed by atoms with E-state index in [0.717, 1.165) is 29.7 Å². The first-order valence-electron chi connectivity index (χ1n) is 12.5. The summed E-state index contributed by atoms with van der Waals surface area (Å²) in [4.78, 5) is 12.1. The SMILES string of the molecule is CCOC(=O)C1=C(N[C@H](CC)c2cc(C(C)C)co2)C(Nc2csc(S(=O)(=O)N(C)C3CC3)c2O)=NS1(=O)=O. The van der Waals surface area contributed by atoms with E-state index in [4.69, 9.17) is 9.15 Å². The minimum atomic E-state index is -4.49. The molecule has 2 aliphatic rings. The van der Waals surface area contributed by atoms with Crippen molar-refractivity contribution in [1.82, 2.24) is 9.62 Å². The number of carbonyl (C=O) groups excluding carboxylic acids is 1. The molecule has 4 rings (SSSR count). The number of hydrogen-bond donors (Lipinski definition) is 3. The van der Waals surface area contributed by atoms with E-state index in [1.54, 1.807) is 13.2 Å². The average molecular weight is 601 g/mol. The first-order valence-corrected chi connectivity index (χ1v) is 16.2. The van der Waals surface area contributed by atoms with Crippen LogP contribution < -0.4 is 10.6 Å². The number of nitrogens with one attached hydrogen (secondary N) is 2. The van der Waals surface area contributed by atoms with E-state index in [1.165, 1.54) is 16.7 Å². The summed E-state index contributed by atoms with van der Waals surface area (Å²) in [5.74, 6) is -1.24. The van der Waals surface area contributed by atoms with Gasteiger partial charge in [0.25, 0.3) is 20.0 Å². The number of nitrogens with zero attached hydrogens (tertiary/aromatic N) is 2. The third-order valence-electron chi connectivity index (χ3n) is 6.43. The lowest BCUT2D eigenvalue weighted by atomic mass is 10.1. The molecular weight excluding hydrogens is 568 g/mol. The van der Waals surface area contributed by atoms with Gasteiger partial charge in [-0.3, -0.25) is 0 Å². The molecule has 1 aliphatic heterocycles. The first-order chi connectivity index (χ1) is 18.3. The number of ether oxygens (including phenoxy) is 1. The van der Waals surface area contributed by atoms with Gasteiger partial charge >= 0.3 is 5.97 Å². The number of furan rings is 1. The van der Waals surface area contributed by atoms with Gasteiger partial charge in [0.2, 0.25) is 4.91 Å². The Morgan fingerprint density at radius 1 is 1.33 bits per heavy atom. The van der Waals surface area contributed by atoms with E-state index in [0.29, 0.717) is 12.2 Å². The Balaban J connectivity index is 1.72. The van der Waals surface area contributed by atoms with Crippen LogP contribution in [0.4, 0.5) is 5.69 Å². The van der Waals surface area contributed by atoms with Gasteiger partial charge in [0.15, 0.2) is 15.8 Å². The van der Waals surface area contributed by atoms with E-state index in [-0.39, 0.29) is 40.0 Å². The van der Waals surface area contributed by atoms with Crippen molar-refractivity contribution in [3.63, 3.8) is 0 Å². The normalized spacial score (nSPS) is 18.0. The Kier molecular flexibility index (Phi) is 8.17. The Morgan fingerprint density at radius 3 is 2.59 bits per heavy atom. The predicted molar refractivity (Wildman–Crippen MR) is 147 cm³/mol. The average Bonchev–Trinajstić information content (AvgIpc) is 3.37. The molecule has 0 saturated heterocycles. The number of rotatable bonds is 11. The van der Waals surface area contributed by atoms with Gasteiger partial charge in [0.05, 0.1) is 24.6 Å². The molecule has 2 aromatic rings. The van der Waals surface area contributed by atoms with Crippen molar-refractivity contribution < 1.29 is 35.9 Å². The molecule has 0 spiro atoms. The van der Waals surface area contributed by atoms with Crippen molar-refractivity contribution in [1.29, 1.82) is 0 Å². The number of carbonyl (C=O) groups is 1. The van der Waals surface area contributed by atoms with Crippen LogP contribution in [0, 0.1) is 0 Å². The van der Waals surface area contributed by atoms with Crippen LogP contribution in [-0.4, -0.2) is 57.7 Å². The second-order valence-corrected chi connectivity index (χ2v) is 14.2. The molecule has 3 N–H and O–H groups in total. The Bertz CT molecular complexity index is 1530. The molecule has 0 bridgehead atoms. The molecule has 0 radical (unpaired) electrons. The maximum Gasteiger partial charge on any atom is 0.354 e. The van der Waals surface area contributed by atoms with E-state index in [9.17, 15) is 26.7 Å². The number of esters is 1. The molecule has 0 aromatic carbocycles. The molecule has 15 heteroatoms. The number of sulfonamides is 2. The van der Waals surface area contributed by atoms with Gasteiger partial charge in [0, 0.05) is 18.5 Å². The molecule has 0 amide bonds. The molecule has 214 valence electrons. The molecule has 1 aliphatic carbocycles. The fraction of sp³-hybridized carbons (Fsp3) is 0.500. The summed E-state index contributed by atoms with van der Waals surface area (Å²) in [6.45, 7) is 7.34. The van der Waals surface area contributed by atoms with Gasteiger partial charge in [-0.2, -0.15) is 12.7 Å². The lowest BCUT2D eigenvalue weighted by molar-refractivity contribution is -0.137. The van der Waals surface area contributed by atoms with Crippen LogP contribution in [0.1, 0.15) is 70.2 Å². The van der Waals surface area contributed by atoms with Gasteiger partial charge in [-0.15, -0.1) is 15.7 Å². The van der Waals surface area contributed by atoms with Gasteiger partial charge < -0.3 is 24.9 Å². The topological polar surface area (TPSA) is 168 Å². The second kappa shape index (κ2) is 10.9. The van der Waals surface area contributed by atoms with Gasteiger partial charge in [-0.25, -0.2) is 13.2 Å². The monoisotopic (exact) mass is 600 g/mol. The minimum Gasteiger partial charge on any atom is -0.504 e. The molecule has 0 unspecified atom stereocenters. The highest BCUT2D eigenvalue weighted by Crippen LogP contribution is 2.42. The number of hydrogen-bond acceptors (Lipinski definition) is 11. The summed E-state index contributed by atoms with van der Waals surface area (Å²) in [7, 11) is -7.00. The van der Waals surface area contributed by atoms with Crippen molar-refractivity contribution in [3.05, 3.63) is 39.6 Å². The van der Waals surface area contributed by atoms with Crippen LogP contribution in [0.3, 0.4) is 0 Å². The second-order valence-electron chi connectivity index (χ2n) is 9.54. The molecule has 1 atom stereocenters. The molecule has 2 aromatic heterocycles. The Labute approximate surface area is 231 Å². The highest BCUT2D eigenvalue weighted by Gasteiger charge is 2.41. The van der Waals surface area contributed by atoms with Crippen molar-refractivity contribution >= 4 is 48.9 Å². The largest absolute Gasteiger partial charge is 0.504 e. The highest BCUT2D eigenvalue weighted by molar-refractivity contribution is 7.95. The summed E-state index contributed by atoms with van der Waals surface area (Å²) in [6, 6.07) is 1.19. The van der Waals surface area contributed by atoms with E-state index < -0.39 is 42.7 Å². The first kappa shape index (κ1) is 29.1. The summed E-state index contributed by atoms with van der Waals surface area (Å²) in [5, 5.41) is 17.9. The van der Waals surface area contributed by atoms with Crippen LogP contribution >= 0.6 is 11.3 Å². The zero-order valence-electron chi connectivity index (χ0n) is 22.2. The number of aromatic hydroxyl groups is 1. The van der Waals surface area contributed by atoms with Crippen LogP contribution in [-0.2, 0) is 29.6 Å². The zero-order valence-corrected chi connectivity index (χ0v) is 24.7. The summed E-state index contributed by atoms with van der Waals surface area (Å²) in [5.41, 5.74) is 0.700. The summed E-state index contributed by atoms with van der Waals surface area (Å²) >= 11 is 0.787. The van der Waals surface area contributed by atoms with Gasteiger partial charge in [0.1, 0.15) is 11.5 Å². The molecule has 12 nitrogen and oxygen atoms in total.